The molecule has 1 aliphatic carbocycles. The Morgan fingerprint density at radius 2 is 1.91 bits per heavy atom. The maximum absolute atomic E-state index is 12.7. The Balaban J connectivity index is 1.45. The van der Waals surface area contributed by atoms with Crippen molar-refractivity contribution in [1.82, 2.24) is 14.9 Å². The minimum absolute atomic E-state index is 0.227. The molecule has 4 rings (SSSR count). The summed E-state index contributed by atoms with van der Waals surface area (Å²) in [5, 5.41) is 0. The van der Waals surface area contributed by atoms with Gasteiger partial charge in [-0.3, -0.25) is 4.79 Å². The molecule has 1 amide bonds. The lowest BCUT2D eigenvalue weighted by molar-refractivity contribution is -0.137. The highest BCUT2D eigenvalue weighted by molar-refractivity contribution is 5.79. The van der Waals surface area contributed by atoms with Crippen LogP contribution < -0.4 is 4.90 Å². The van der Waals surface area contributed by atoms with Gasteiger partial charge < -0.3 is 14.5 Å². The molecule has 23 heavy (non-hydrogen) atoms. The first-order valence-electron chi connectivity index (χ1n) is 8.77. The summed E-state index contributed by atoms with van der Waals surface area (Å²) in [4.78, 5) is 26.1. The second-order valence-electron chi connectivity index (χ2n) is 6.77. The van der Waals surface area contributed by atoms with Gasteiger partial charge in [-0.15, -0.1) is 0 Å². The van der Waals surface area contributed by atoms with Gasteiger partial charge in [0.05, 0.1) is 25.5 Å². The second-order valence-corrected chi connectivity index (χ2v) is 6.77. The predicted molar refractivity (Wildman–Crippen MR) is 85.9 cm³/mol. The molecule has 6 nitrogen and oxygen atoms in total. The van der Waals surface area contributed by atoms with Gasteiger partial charge in [0.15, 0.2) is 0 Å². The van der Waals surface area contributed by atoms with E-state index in [0.29, 0.717) is 19.0 Å². The standard InChI is InChI=1S/C17H24N4O2/c22-16(13-4-2-1-3-5-13)21-11-14-10-18-17(19-15(14)12-21)20-6-8-23-9-7-20/h10,13H,1-9,11-12H2. The number of fused-ring (bicyclic) bond motifs is 1. The van der Waals surface area contributed by atoms with Crippen LogP contribution in [-0.4, -0.2) is 47.1 Å². The normalized spacial score (nSPS) is 22.3. The number of rotatable bonds is 2. The van der Waals surface area contributed by atoms with Gasteiger partial charge in [0, 0.05) is 37.3 Å². The first kappa shape index (κ1) is 14.9. The van der Waals surface area contributed by atoms with Crippen molar-refractivity contribution >= 4 is 11.9 Å². The van der Waals surface area contributed by atoms with Crippen LogP contribution in [0.2, 0.25) is 0 Å². The van der Waals surface area contributed by atoms with Gasteiger partial charge >= 0.3 is 0 Å². The van der Waals surface area contributed by atoms with E-state index < -0.39 is 0 Å². The first-order chi connectivity index (χ1) is 11.3. The van der Waals surface area contributed by atoms with Crippen LogP contribution in [0.3, 0.4) is 0 Å². The number of carbonyl (C=O) groups excluding carboxylic acids is 1. The highest BCUT2D eigenvalue weighted by Crippen LogP contribution is 2.29. The van der Waals surface area contributed by atoms with E-state index in [1.165, 1.54) is 19.3 Å². The second kappa shape index (κ2) is 6.43. The number of ether oxygens (including phenoxy) is 1. The van der Waals surface area contributed by atoms with E-state index in [1.807, 2.05) is 11.1 Å². The highest BCUT2D eigenvalue weighted by atomic mass is 16.5. The lowest BCUT2D eigenvalue weighted by atomic mass is 9.88. The van der Waals surface area contributed by atoms with Gasteiger partial charge in [0.1, 0.15) is 0 Å². The molecule has 6 heteroatoms. The number of anilines is 1. The quantitative estimate of drug-likeness (QED) is 0.832. The minimum atomic E-state index is 0.227. The minimum Gasteiger partial charge on any atom is -0.378 e. The van der Waals surface area contributed by atoms with Gasteiger partial charge in [-0.25, -0.2) is 9.97 Å². The Morgan fingerprint density at radius 3 is 2.70 bits per heavy atom. The predicted octanol–water partition coefficient (Wildman–Crippen LogP) is 1.74. The monoisotopic (exact) mass is 316 g/mol. The molecule has 0 spiro atoms. The number of carbonyl (C=O) groups is 1. The molecule has 1 saturated carbocycles. The van der Waals surface area contributed by atoms with Crippen LogP contribution in [0.1, 0.15) is 43.4 Å². The molecule has 1 saturated heterocycles. The van der Waals surface area contributed by atoms with Crippen LogP contribution in [0.15, 0.2) is 6.20 Å². The van der Waals surface area contributed by atoms with E-state index in [9.17, 15) is 4.79 Å². The molecule has 2 fully saturated rings. The largest absolute Gasteiger partial charge is 0.378 e. The van der Waals surface area contributed by atoms with Crippen LogP contribution >= 0.6 is 0 Å². The maximum Gasteiger partial charge on any atom is 0.226 e. The fourth-order valence-electron chi connectivity index (χ4n) is 3.82. The number of morpholine rings is 1. The van der Waals surface area contributed by atoms with Crippen molar-refractivity contribution in [3.8, 4) is 0 Å². The van der Waals surface area contributed by atoms with Crippen molar-refractivity contribution in [3.05, 3.63) is 17.5 Å². The van der Waals surface area contributed by atoms with Crippen molar-refractivity contribution in [1.29, 1.82) is 0 Å². The molecule has 2 aliphatic heterocycles. The number of amides is 1. The Kier molecular flexibility index (Phi) is 4.16. The van der Waals surface area contributed by atoms with Crippen molar-refractivity contribution in [2.45, 2.75) is 45.2 Å². The zero-order chi connectivity index (χ0) is 15.6. The number of hydrogen-bond acceptors (Lipinski definition) is 5. The van der Waals surface area contributed by atoms with Gasteiger partial charge in [-0.2, -0.15) is 0 Å². The van der Waals surface area contributed by atoms with Crippen LogP contribution in [0.5, 0.6) is 0 Å². The maximum atomic E-state index is 12.7. The first-order valence-corrected chi connectivity index (χ1v) is 8.77. The Hall–Kier alpha value is -1.69. The van der Waals surface area contributed by atoms with Gasteiger partial charge in [-0.1, -0.05) is 19.3 Å². The summed E-state index contributed by atoms with van der Waals surface area (Å²) in [5.74, 6) is 1.32. The van der Waals surface area contributed by atoms with E-state index in [0.717, 1.165) is 56.4 Å². The zero-order valence-electron chi connectivity index (χ0n) is 13.5. The fraction of sp³-hybridized carbons (Fsp3) is 0.706. The fourth-order valence-corrected chi connectivity index (χ4v) is 3.82. The molecular formula is C17H24N4O2. The van der Waals surface area contributed by atoms with E-state index in [1.54, 1.807) is 0 Å². The molecule has 0 bridgehead atoms. The molecule has 1 aromatic heterocycles. The smallest absolute Gasteiger partial charge is 0.226 e. The molecule has 0 aromatic carbocycles. The Bertz CT molecular complexity index is 580. The number of hydrogen-bond donors (Lipinski definition) is 0. The lowest BCUT2D eigenvalue weighted by Gasteiger charge is -2.26. The molecule has 0 N–H and O–H groups in total. The van der Waals surface area contributed by atoms with Gasteiger partial charge in [0.2, 0.25) is 11.9 Å². The van der Waals surface area contributed by atoms with E-state index in [4.69, 9.17) is 9.72 Å². The van der Waals surface area contributed by atoms with Crippen molar-refractivity contribution in [3.63, 3.8) is 0 Å². The lowest BCUT2D eigenvalue weighted by Crippen LogP contribution is -2.37. The summed E-state index contributed by atoms with van der Waals surface area (Å²) in [7, 11) is 0. The molecule has 124 valence electrons. The van der Waals surface area contributed by atoms with E-state index in [2.05, 4.69) is 9.88 Å². The van der Waals surface area contributed by atoms with Crippen molar-refractivity contribution in [2.24, 2.45) is 5.92 Å². The average Bonchev–Trinajstić information content (AvgIpc) is 3.06. The highest BCUT2D eigenvalue weighted by Gasteiger charge is 2.31. The van der Waals surface area contributed by atoms with Crippen molar-refractivity contribution < 1.29 is 9.53 Å². The van der Waals surface area contributed by atoms with Crippen LogP contribution in [0, 0.1) is 5.92 Å². The van der Waals surface area contributed by atoms with Crippen molar-refractivity contribution in [2.75, 3.05) is 31.2 Å². The number of nitrogens with zero attached hydrogens (tertiary/aromatic N) is 4. The average molecular weight is 316 g/mol. The number of aromatic nitrogens is 2. The molecular weight excluding hydrogens is 292 g/mol. The molecule has 1 aromatic rings. The van der Waals surface area contributed by atoms with E-state index in [-0.39, 0.29) is 5.92 Å². The third kappa shape index (κ3) is 3.04. The van der Waals surface area contributed by atoms with Gasteiger partial charge in [0.25, 0.3) is 0 Å². The molecule has 0 atom stereocenters. The topological polar surface area (TPSA) is 58.6 Å². The van der Waals surface area contributed by atoms with Crippen LogP contribution in [0.4, 0.5) is 5.95 Å². The summed E-state index contributed by atoms with van der Waals surface area (Å²) in [6.07, 6.45) is 7.67. The summed E-state index contributed by atoms with van der Waals surface area (Å²) in [6, 6.07) is 0. The molecule has 0 radical (unpaired) electrons. The SMILES string of the molecule is O=C(C1CCCCC1)N1Cc2cnc(N3CCOCC3)nc2C1. The summed E-state index contributed by atoms with van der Waals surface area (Å²) >= 11 is 0. The molecule has 3 heterocycles. The third-order valence-corrected chi connectivity index (χ3v) is 5.20. The Labute approximate surface area is 136 Å². The van der Waals surface area contributed by atoms with Crippen LogP contribution in [0.25, 0.3) is 0 Å². The van der Waals surface area contributed by atoms with Gasteiger partial charge in [-0.05, 0) is 12.8 Å². The summed E-state index contributed by atoms with van der Waals surface area (Å²) in [5.41, 5.74) is 2.12. The van der Waals surface area contributed by atoms with E-state index >= 15 is 0 Å². The summed E-state index contributed by atoms with van der Waals surface area (Å²) in [6.45, 7) is 4.45. The third-order valence-electron chi connectivity index (χ3n) is 5.20. The molecule has 0 unspecified atom stereocenters. The Morgan fingerprint density at radius 1 is 1.13 bits per heavy atom. The molecule has 3 aliphatic rings. The van der Waals surface area contributed by atoms with Crippen LogP contribution in [-0.2, 0) is 22.6 Å². The zero-order valence-corrected chi connectivity index (χ0v) is 13.5. The summed E-state index contributed by atoms with van der Waals surface area (Å²) < 4.78 is 5.38.